The van der Waals surface area contributed by atoms with Crippen molar-refractivity contribution in [3.05, 3.63) is 88.7 Å². The van der Waals surface area contributed by atoms with Gasteiger partial charge in [-0.15, -0.1) is 0 Å². The Morgan fingerprint density at radius 3 is 2.50 bits per heavy atom. The van der Waals surface area contributed by atoms with Crippen molar-refractivity contribution in [1.29, 1.82) is 0 Å². The zero-order chi connectivity index (χ0) is 18.5. The number of nitrogens with one attached hydrogen (secondary N) is 1. The van der Waals surface area contributed by atoms with Gasteiger partial charge in [-0.2, -0.15) is 0 Å². The van der Waals surface area contributed by atoms with Crippen LogP contribution < -0.4 is 10.9 Å². The van der Waals surface area contributed by atoms with Crippen molar-refractivity contribution in [3.8, 4) is 11.3 Å². The van der Waals surface area contributed by atoms with E-state index in [1.54, 1.807) is 12.1 Å². The molecule has 0 saturated heterocycles. The number of hydrogen-bond acceptors (Lipinski definition) is 3. The van der Waals surface area contributed by atoms with Crippen LogP contribution in [-0.2, 0) is 11.3 Å². The summed E-state index contributed by atoms with van der Waals surface area (Å²) >= 11 is 0. The second-order valence-corrected chi connectivity index (χ2v) is 5.95. The van der Waals surface area contributed by atoms with Crippen LogP contribution in [0.4, 0.5) is 4.39 Å². The molecule has 26 heavy (non-hydrogen) atoms. The van der Waals surface area contributed by atoms with Gasteiger partial charge in [0.2, 0.25) is 5.91 Å². The number of halogens is 1. The van der Waals surface area contributed by atoms with Crippen LogP contribution in [0.15, 0.2) is 71.8 Å². The molecule has 3 aromatic rings. The lowest BCUT2D eigenvalue weighted by Crippen LogP contribution is -2.33. The molecule has 0 aliphatic carbocycles. The molecule has 6 heteroatoms. The molecule has 0 fully saturated rings. The van der Waals surface area contributed by atoms with Gasteiger partial charge in [0.25, 0.3) is 5.56 Å². The van der Waals surface area contributed by atoms with Crippen molar-refractivity contribution in [2.24, 2.45) is 0 Å². The maximum Gasteiger partial charge on any atom is 0.254 e. The summed E-state index contributed by atoms with van der Waals surface area (Å²) in [5.41, 5.74) is 1.71. The van der Waals surface area contributed by atoms with Crippen LogP contribution in [0.25, 0.3) is 11.3 Å². The molecule has 0 bridgehead atoms. The van der Waals surface area contributed by atoms with E-state index in [-0.39, 0.29) is 29.9 Å². The average molecular weight is 351 g/mol. The van der Waals surface area contributed by atoms with E-state index in [0.29, 0.717) is 11.3 Å². The standard InChI is InChI=1S/C20H18FN3O2/c1-14(15-5-3-2-4-6-15)23-19(25)12-24-13-22-18(11-20(24)26)16-7-9-17(21)10-8-16/h2-11,13-14H,12H2,1H3,(H,23,25). The number of aromatic nitrogens is 2. The van der Waals surface area contributed by atoms with E-state index >= 15 is 0 Å². The molecule has 0 spiro atoms. The van der Waals surface area contributed by atoms with Crippen molar-refractivity contribution in [2.45, 2.75) is 19.5 Å². The van der Waals surface area contributed by atoms with E-state index in [1.165, 1.54) is 29.1 Å². The first kappa shape index (κ1) is 17.5. The first-order valence-corrected chi connectivity index (χ1v) is 8.19. The van der Waals surface area contributed by atoms with Gasteiger partial charge in [0.05, 0.1) is 18.1 Å². The van der Waals surface area contributed by atoms with Crippen LogP contribution in [-0.4, -0.2) is 15.5 Å². The van der Waals surface area contributed by atoms with Crippen molar-refractivity contribution in [2.75, 3.05) is 0 Å². The van der Waals surface area contributed by atoms with E-state index in [1.807, 2.05) is 37.3 Å². The van der Waals surface area contributed by atoms with Crippen molar-refractivity contribution in [1.82, 2.24) is 14.9 Å². The Labute approximate surface area is 150 Å². The van der Waals surface area contributed by atoms with Crippen molar-refractivity contribution >= 4 is 5.91 Å². The van der Waals surface area contributed by atoms with Gasteiger partial charge in [-0.3, -0.25) is 14.2 Å². The second kappa shape index (κ2) is 7.74. The van der Waals surface area contributed by atoms with Gasteiger partial charge in [0.1, 0.15) is 12.4 Å². The molecule has 1 atom stereocenters. The minimum absolute atomic E-state index is 0.118. The smallest absolute Gasteiger partial charge is 0.254 e. The molecule has 3 rings (SSSR count). The van der Waals surface area contributed by atoms with E-state index in [2.05, 4.69) is 10.3 Å². The van der Waals surface area contributed by atoms with Gasteiger partial charge in [-0.1, -0.05) is 30.3 Å². The number of benzene rings is 2. The Morgan fingerprint density at radius 2 is 1.85 bits per heavy atom. The third kappa shape index (κ3) is 4.22. The number of amides is 1. The van der Waals surface area contributed by atoms with Crippen LogP contribution in [0, 0.1) is 5.82 Å². The van der Waals surface area contributed by atoms with Gasteiger partial charge < -0.3 is 5.32 Å². The largest absolute Gasteiger partial charge is 0.348 e. The van der Waals surface area contributed by atoms with Crippen molar-refractivity contribution < 1.29 is 9.18 Å². The summed E-state index contributed by atoms with van der Waals surface area (Å²) in [5.74, 6) is -0.633. The molecule has 0 radical (unpaired) electrons. The third-order valence-electron chi connectivity index (χ3n) is 4.01. The highest BCUT2D eigenvalue weighted by Crippen LogP contribution is 2.15. The number of hydrogen-bond donors (Lipinski definition) is 1. The van der Waals surface area contributed by atoms with Crippen LogP contribution >= 0.6 is 0 Å². The first-order valence-electron chi connectivity index (χ1n) is 8.19. The van der Waals surface area contributed by atoms with E-state index < -0.39 is 0 Å². The van der Waals surface area contributed by atoms with Crippen molar-refractivity contribution in [3.63, 3.8) is 0 Å². The lowest BCUT2D eigenvalue weighted by molar-refractivity contribution is -0.122. The summed E-state index contributed by atoms with van der Waals surface area (Å²) in [6.07, 6.45) is 1.33. The zero-order valence-corrected chi connectivity index (χ0v) is 14.2. The molecule has 5 nitrogen and oxygen atoms in total. The Balaban J connectivity index is 1.69. The minimum atomic E-state index is -0.355. The average Bonchev–Trinajstić information content (AvgIpc) is 2.64. The summed E-state index contributed by atoms with van der Waals surface area (Å²) < 4.78 is 14.2. The highest BCUT2D eigenvalue weighted by Gasteiger charge is 2.11. The number of rotatable bonds is 5. The molecule has 132 valence electrons. The topological polar surface area (TPSA) is 64.0 Å². The SMILES string of the molecule is CC(NC(=O)Cn1cnc(-c2ccc(F)cc2)cc1=O)c1ccccc1. The van der Waals surface area contributed by atoms with E-state index in [9.17, 15) is 14.0 Å². The Hall–Kier alpha value is -3.28. The predicted molar refractivity (Wildman–Crippen MR) is 96.9 cm³/mol. The fourth-order valence-electron chi connectivity index (χ4n) is 2.59. The Morgan fingerprint density at radius 1 is 1.15 bits per heavy atom. The minimum Gasteiger partial charge on any atom is -0.348 e. The number of nitrogens with zero attached hydrogens (tertiary/aromatic N) is 2. The molecule has 0 aliphatic rings. The number of carbonyl (C=O) groups excluding carboxylic acids is 1. The highest BCUT2D eigenvalue weighted by atomic mass is 19.1. The van der Waals surface area contributed by atoms with Crippen LogP contribution in [0.5, 0.6) is 0 Å². The number of carbonyl (C=O) groups is 1. The maximum atomic E-state index is 13.0. The Bertz CT molecular complexity index is 953. The lowest BCUT2D eigenvalue weighted by Gasteiger charge is -2.14. The summed E-state index contributed by atoms with van der Waals surface area (Å²) in [5, 5.41) is 2.86. The molecule has 0 saturated carbocycles. The molecular weight excluding hydrogens is 333 g/mol. The quantitative estimate of drug-likeness (QED) is 0.769. The summed E-state index contributed by atoms with van der Waals surface area (Å²) in [7, 11) is 0. The van der Waals surface area contributed by atoms with Crippen LogP contribution in [0.3, 0.4) is 0 Å². The summed E-state index contributed by atoms with van der Waals surface area (Å²) in [4.78, 5) is 28.6. The van der Waals surface area contributed by atoms with E-state index in [0.717, 1.165) is 5.56 Å². The van der Waals surface area contributed by atoms with Crippen LogP contribution in [0.1, 0.15) is 18.5 Å². The molecule has 1 unspecified atom stereocenters. The van der Waals surface area contributed by atoms with Gasteiger partial charge in [-0.25, -0.2) is 9.37 Å². The lowest BCUT2D eigenvalue weighted by atomic mass is 10.1. The fraction of sp³-hybridized carbons (Fsp3) is 0.150. The second-order valence-electron chi connectivity index (χ2n) is 5.95. The molecule has 1 heterocycles. The molecule has 2 aromatic carbocycles. The summed E-state index contributed by atoms with van der Waals surface area (Å²) in [6, 6.07) is 16.5. The summed E-state index contributed by atoms with van der Waals surface area (Å²) in [6.45, 7) is 1.76. The van der Waals surface area contributed by atoms with Crippen LogP contribution in [0.2, 0.25) is 0 Å². The molecule has 1 amide bonds. The maximum absolute atomic E-state index is 13.0. The van der Waals surface area contributed by atoms with Gasteiger partial charge in [0.15, 0.2) is 0 Å². The fourth-order valence-corrected chi connectivity index (χ4v) is 2.59. The normalized spacial score (nSPS) is 11.8. The first-order chi connectivity index (χ1) is 12.5. The Kier molecular flexibility index (Phi) is 5.22. The van der Waals surface area contributed by atoms with Gasteiger partial charge in [-0.05, 0) is 36.8 Å². The van der Waals surface area contributed by atoms with Gasteiger partial charge in [0, 0.05) is 11.6 Å². The molecule has 0 aliphatic heterocycles. The molecule has 1 aromatic heterocycles. The third-order valence-corrected chi connectivity index (χ3v) is 4.01. The predicted octanol–water partition coefficient (Wildman–Crippen LogP) is 2.93. The molecule has 1 N–H and O–H groups in total. The van der Waals surface area contributed by atoms with Gasteiger partial charge >= 0.3 is 0 Å². The highest BCUT2D eigenvalue weighted by molar-refractivity contribution is 5.76. The molecular formula is C20H18FN3O2. The zero-order valence-electron chi connectivity index (χ0n) is 14.2. The van der Waals surface area contributed by atoms with E-state index in [4.69, 9.17) is 0 Å². The monoisotopic (exact) mass is 351 g/mol.